The molecule has 1 N–H and O–H groups in total. The third kappa shape index (κ3) is 3.03. The van der Waals surface area contributed by atoms with Gasteiger partial charge in [0, 0.05) is 49.6 Å². The minimum atomic E-state index is -4.67. The fraction of sp³-hybridized carbons (Fsp3) is 0.353. The third-order valence-corrected chi connectivity index (χ3v) is 4.40. The maximum Gasteiger partial charge on any atom is 0.417 e. The molecule has 0 radical (unpaired) electrons. The van der Waals surface area contributed by atoms with Crippen molar-refractivity contribution in [1.29, 1.82) is 0 Å². The average Bonchev–Trinajstić information content (AvgIpc) is 3.08. The minimum absolute atomic E-state index is 0.122. The van der Waals surface area contributed by atoms with E-state index in [1.54, 1.807) is 18.2 Å². The van der Waals surface area contributed by atoms with E-state index in [0.29, 0.717) is 5.56 Å². The molecule has 0 bridgehead atoms. The van der Waals surface area contributed by atoms with Gasteiger partial charge in [0.15, 0.2) is 5.60 Å². The summed E-state index contributed by atoms with van der Waals surface area (Å²) in [6.07, 6.45) is -1.99. The van der Waals surface area contributed by atoms with Crippen molar-refractivity contribution in [3.05, 3.63) is 54.4 Å². The number of piperidine rings is 1. The van der Waals surface area contributed by atoms with Crippen LogP contribution in [-0.2, 0) is 0 Å². The minimum Gasteiger partial charge on any atom is -0.380 e. The van der Waals surface area contributed by atoms with Gasteiger partial charge in [0.2, 0.25) is 0 Å². The van der Waals surface area contributed by atoms with Crippen LogP contribution in [0.4, 0.5) is 13.2 Å². The van der Waals surface area contributed by atoms with Crippen molar-refractivity contribution in [2.24, 2.45) is 0 Å². The Hall–Kier alpha value is -2.28. The van der Waals surface area contributed by atoms with E-state index in [4.69, 9.17) is 0 Å². The largest absolute Gasteiger partial charge is 0.417 e. The van der Waals surface area contributed by atoms with Gasteiger partial charge in [0.1, 0.15) is 0 Å². The molecule has 0 saturated carbocycles. The van der Waals surface area contributed by atoms with Gasteiger partial charge in [-0.15, -0.1) is 0 Å². The van der Waals surface area contributed by atoms with Gasteiger partial charge in [0.05, 0.1) is 0 Å². The highest BCUT2D eigenvalue weighted by atomic mass is 19.4. The predicted molar refractivity (Wildman–Crippen MR) is 81.9 cm³/mol. The Balaban J connectivity index is 1.74. The van der Waals surface area contributed by atoms with Crippen molar-refractivity contribution in [3.63, 3.8) is 0 Å². The number of carbonyl (C=O) groups is 1. The molecule has 3 rings (SSSR count). The third-order valence-electron chi connectivity index (χ3n) is 4.40. The van der Waals surface area contributed by atoms with E-state index in [0.717, 1.165) is 5.69 Å². The van der Waals surface area contributed by atoms with Crippen molar-refractivity contribution in [3.8, 4) is 5.69 Å². The van der Waals surface area contributed by atoms with Crippen LogP contribution in [0.25, 0.3) is 5.69 Å². The molecule has 7 heteroatoms. The van der Waals surface area contributed by atoms with Gasteiger partial charge in [-0.3, -0.25) is 4.79 Å². The number of hydrogen-bond acceptors (Lipinski definition) is 2. The molecule has 1 fully saturated rings. The first-order valence-electron chi connectivity index (χ1n) is 7.62. The molecule has 2 heterocycles. The van der Waals surface area contributed by atoms with E-state index in [2.05, 4.69) is 0 Å². The zero-order chi connectivity index (χ0) is 17.4. The summed E-state index contributed by atoms with van der Waals surface area (Å²) < 4.78 is 40.3. The lowest BCUT2D eigenvalue weighted by Crippen LogP contribution is -2.54. The van der Waals surface area contributed by atoms with Crippen molar-refractivity contribution in [1.82, 2.24) is 9.47 Å². The van der Waals surface area contributed by atoms with E-state index in [-0.39, 0.29) is 19.0 Å². The monoisotopic (exact) mass is 338 g/mol. The Bertz CT molecular complexity index is 718. The SMILES string of the molecule is O=C(c1cccc(-n2cccc2)c1)N1CCC(O)(C(F)(F)F)CC1. The van der Waals surface area contributed by atoms with Crippen LogP contribution in [0.1, 0.15) is 23.2 Å². The molecule has 1 aliphatic heterocycles. The van der Waals surface area contributed by atoms with Gasteiger partial charge < -0.3 is 14.6 Å². The van der Waals surface area contributed by atoms with Crippen molar-refractivity contribution in [2.45, 2.75) is 24.6 Å². The van der Waals surface area contributed by atoms with Gasteiger partial charge in [-0.05, 0) is 30.3 Å². The lowest BCUT2D eigenvalue weighted by atomic mass is 9.90. The van der Waals surface area contributed by atoms with Crippen LogP contribution < -0.4 is 0 Å². The van der Waals surface area contributed by atoms with E-state index in [1.807, 2.05) is 35.2 Å². The summed E-state index contributed by atoms with van der Waals surface area (Å²) in [6.45, 7) is -0.245. The molecule has 0 atom stereocenters. The molecule has 1 aliphatic rings. The van der Waals surface area contributed by atoms with Gasteiger partial charge >= 0.3 is 6.18 Å². The van der Waals surface area contributed by atoms with Gasteiger partial charge in [-0.2, -0.15) is 13.2 Å². The Morgan fingerprint density at radius 3 is 2.29 bits per heavy atom. The second kappa shape index (κ2) is 5.98. The summed E-state index contributed by atoms with van der Waals surface area (Å²) >= 11 is 0. The van der Waals surface area contributed by atoms with E-state index in [9.17, 15) is 23.1 Å². The van der Waals surface area contributed by atoms with E-state index < -0.39 is 24.6 Å². The van der Waals surface area contributed by atoms with Crippen LogP contribution in [0.15, 0.2) is 48.8 Å². The van der Waals surface area contributed by atoms with Crippen LogP contribution in [0.5, 0.6) is 0 Å². The highest BCUT2D eigenvalue weighted by Crippen LogP contribution is 2.38. The molecule has 128 valence electrons. The van der Waals surface area contributed by atoms with Gasteiger partial charge in [-0.1, -0.05) is 6.07 Å². The molecule has 0 unspecified atom stereocenters. The van der Waals surface area contributed by atoms with Crippen LogP contribution in [-0.4, -0.2) is 45.3 Å². The van der Waals surface area contributed by atoms with E-state index >= 15 is 0 Å². The molecule has 1 amide bonds. The number of carbonyl (C=O) groups excluding carboxylic acids is 1. The molecule has 0 aliphatic carbocycles. The molecular weight excluding hydrogens is 321 g/mol. The molecule has 4 nitrogen and oxygen atoms in total. The lowest BCUT2D eigenvalue weighted by Gasteiger charge is -2.39. The summed E-state index contributed by atoms with van der Waals surface area (Å²) in [7, 11) is 0. The number of aromatic nitrogens is 1. The number of aliphatic hydroxyl groups is 1. The molecule has 1 saturated heterocycles. The Morgan fingerprint density at radius 1 is 1.08 bits per heavy atom. The second-order valence-corrected chi connectivity index (χ2v) is 5.96. The second-order valence-electron chi connectivity index (χ2n) is 5.96. The average molecular weight is 338 g/mol. The lowest BCUT2D eigenvalue weighted by molar-refractivity contribution is -0.271. The fourth-order valence-electron chi connectivity index (χ4n) is 2.85. The first-order chi connectivity index (χ1) is 11.3. The van der Waals surface area contributed by atoms with Crippen LogP contribution in [0.3, 0.4) is 0 Å². The molecule has 1 aromatic heterocycles. The number of likely N-dealkylation sites (tertiary alicyclic amines) is 1. The number of halogens is 3. The quantitative estimate of drug-likeness (QED) is 0.915. The maximum absolute atomic E-state index is 12.8. The van der Waals surface area contributed by atoms with Crippen LogP contribution in [0.2, 0.25) is 0 Å². The molecule has 24 heavy (non-hydrogen) atoms. The van der Waals surface area contributed by atoms with Crippen LogP contribution in [0, 0.1) is 0 Å². The number of alkyl halides is 3. The summed E-state index contributed by atoms with van der Waals surface area (Å²) in [4.78, 5) is 13.9. The van der Waals surface area contributed by atoms with Crippen molar-refractivity contribution in [2.75, 3.05) is 13.1 Å². The highest BCUT2D eigenvalue weighted by molar-refractivity contribution is 5.94. The van der Waals surface area contributed by atoms with E-state index in [1.165, 1.54) is 4.90 Å². The highest BCUT2D eigenvalue weighted by Gasteiger charge is 2.54. The molecule has 2 aromatic rings. The standard InChI is InChI=1S/C17H17F3N2O2/c18-17(19,20)16(24)6-10-22(11-7-16)15(23)13-4-3-5-14(12-13)21-8-1-2-9-21/h1-5,8-9,12,24H,6-7,10-11H2. The number of benzene rings is 1. The molecule has 0 spiro atoms. The van der Waals surface area contributed by atoms with Crippen molar-refractivity contribution < 1.29 is 23.1 Å². The smallest absolute Gasteiger partial charge is 0.380 e. The van der Waals surface area contributed by atoms with Crippen molar-refractivity contribution >= 4 is 5.91 Å². The van der Waals surface area contributed by atoms with Gasteiger partial charge in [-0.25, -0.2) is 0 Å². The first kappa shape index (κ1) is 16.6. The zero-order valence-electron chi connectivity index (χ0n) is 12.8. The number of rotatable bonds is 2. The topological polar surface area (TPSA) is 45.5 Å². The molecule has 1 aromatic carbocycles. The number of amides is 1. The number of hydrogen-bond donors (Lipinski definition) is 1. The summed E-state index contributed by atoms with van der Waals surface area (Å²) in [5.74, 6) is -0.326. The summed E-state index contributed by atoms with van der Waals surface area (Å²) in [6, 6.07) is 10.6. The maximum atomic E-state index is 12.8. The summed E-state index contributed by atoms with van der Waals surface area (Å²) in [5, 5.41) is 9.68. The molecular formula is C17H17F3N2O2. The Kier molecular flexibility index (Phi) is 4.13. The first-order valence-corrected chi connectivity index (χ1v) is 7.62. The van der Waals surface area contributed by atoms with Gasteiger partial charge in [0.25, 0.3) is 5.91 Å². The Labute approximate surface area is 137 Å². The normalized spacial score (nSPS) is 17.8. The van der Waals surface area contributed by atoms with Crippen LogP contribution >= 0.6 is 0 Å². The Morgan fingerprint density at radius 2 is 1.71 bits per heavy atom. The predicted octanol–water partition coefficient (Wildman–Crippen LogP) is 3.01. The fourth-order valence-corrected chi connectivity index (χ4v) is 2.85. The number of nitrogens with zero attached hydrogens (tertiary/aromatic N) is 2. The zero-order valence-corrected chi connectivity index (χ0v) is 12.8. The summed E-state index contributed by atoms with van der Waals surface area (Å²) in [5.41, 5.74) is -1.48.